The number of ether oxygens (including phenoxy) is 1. The van der Waals surface area contributed by atoms with Crippen molar-refractivity contribution in [3.63, 3.8) is 0 Å². The molecule has 0 radical (unpaired) electrons. The van der Waals surface area contributed by atoms with Gasteiger partial charge in [-0.05, 0) is 12.5 Å². The van der Waals surface area contributed by atoms with Crippen LogP contribution in [0.2, 0.25) is 0 Å². The third-order valence-corrected chi connectivity index (χ3v) is 1.91. The molecule has 0 fully saturated rings. The van der Waals surface area contributed by atoms with E-state index < -0.39 is 4.92 Å². The summed E-state index contributed by atoms with van der Waals surface area (Å²) >= 11 is 0. The number of hydrogen-bond acceptors (Lipinski definition) is 4. The molecule has 2 N–H and O–H groups in total. The van der Waals surface area contributed by atoms with Crippen molar-refractivity contribution in [1.82, 2.24) is 0 Å². The van der Waals surface area contributed by atoms with Crippen LogP contribution in [0.1, 0.15) is 11.1 Å². The summed E-state index contributed by atoms with van der Waals surface area (Å²) in [5.74, 6) is 0.253. The molecule has 76 valence electrons. The van der Waals surface area contributed by atoms with Crippen LogP contribution < -0.4 is 10.5 Å². The fourth-order valence-corrected chi connectivity index (χ4v) is 1.35. The van der Waals surface area contributed by atoms with Crippen molar-refractivity contribution in [2.75, 3.05) is 7.11 Å². The third-order valence-electron chi connectivity index (χ3n) is 1.91. The van der Waals surface area contributed by atoms with E-state index in [1.54, 1.807) is 13.0 Å². The lowest BCUT2D eigenvalue weighted by Crippen LogP contribution is -2.03. The fourth-order valence-electron chi connectivity index (χ4n) is 1.35. The van der Waals surface area contributed by atoms with Crippen LogP contribution in [0.4, 0.5) is 5.69 Å². The highest BCUT2D eigenvalue weighted by Crippen LogP contribution is 2.31. The molecule has 1 aromatic rings. The molecule has 0 aromatic heterocycles. The normalized spacial score (nSPS) is 9.93. The Morgan fingerprint density at radius 1 is 1.57 bits per heavy atom. The number of rotatable bonds is 3. The minimum absolute atomic E-state index is 0.0343. The van der Waals surface area contributed by atoms with E-state index in [1.165, 1.54) is 13.2 Å². The van der Waals surface area contributed by atoms with Crippen LogP contribution in [0.5, 0.6) is 5.75 Å². The van der Waals surface area contributed by atoms with Gasteiger partial charge in [0.15, 0.2) is 0 Å². The second kappa shape index (κ2) is 4.06. The molecule has 0 aliphatic rings. The van der Waals surface area contributed by atoms with Crippen LogP contribution in [0, 0.1) is 17.0 Å². The number of aryl methyl sites for hydroxylation is 1. The lowest BCUT2D eigenvalue weighted by atomic mass is 10.1. The molecule has 0 saturated carbocycles. The van der Waals surface area contributed by atoms with Gasteiger partial charge in [-0.15, -0.1) is 0 Å². The van der Waals surface area contributed by atoms with Crippen molar-refractivity contribution in [2.24, 2.45) is 5.73 Å². The zero-order valence-electron chi connectivity index (χ0n) is 8.11. The molecule has 0 aliphatic carbocycles. The Hall–Kier alpha value is -1.62. The average Bonchev–Trinajstić information content (AvgIpc) is 2.16. The summed E-state index contributed by atoms with van der Waals surface area (Å²) < 4.78 is 4.96. The van der Waals surface area contributed by atoms with Crippen molar-refractivity contribution < 1.29 is 9.66 Å². The predicted molar refractivity (Wildman–Crippen MR) is 52.3 cm³/mol. The molecule has 0 bridgehead atoms. The number of nitro groups is 1. The Labute approximate surface area is 81.6 Å². The van der Waals surface area contributed by atoms with Crippen LogP contribution in [-0.2, 0) is 6.54 Å². The van der Waals surface area contributed by atoms with E-state index in [0.29, 0.717) is 5.56 Å². The van der Waals surface area contributed by atoms with Crippen LogP contribution in [-0.4, -0.2) is 12.0 Å². The van der Waals surface area contributed by atoms with E-state index in [-0.39, 0.29) is 18.0 Å². The topological polar surface area (TPSA) is 78.4 Å². The summed E-state index contributed by atoms with van der Waals surface area (Å²) in [6, 6.07) is 3.25. The van der Waals surface area contributed by atoms with Crippen molar-refractivity contribution >= 4 is 5.69 Å². The first-order valence-corrected chi connectivity index (χ1v) is 4.12. The van der Waals surface area contributed by atoms with Crippen molar-refractivity contribution in [1.29, 1.82) is 0 Å². The largest absolute Gasteiger partial charge is 0.490 e. The van der Waals surface area contributed by atoms with Gasteiger partial charge in [0.25, 0.3) is 0 Å². The first kappa shape index (κ1) is 10.5. The zero-order valence-corrected chi connectivity index (χ0v) is 8.11. The monoisotopic (exact) mass is 196 g/mol. The van der Waals surface area contributed by atoms with E-state index in [1.807, 2.05) is 0 Å². The lowest BCUT2D eigenvalue weighted by molar-refractivity contribution is -0.385. The van der Waals surface area contributed by atoms with E-state index in [0.717, 1.165) is 5.56 Å². The van der Waals surface area contributed by atoms with Gasteiger partial charge in [0, 0.05) is 18.2 Å². The van der Waals surface area contributed by atoms with Gasteiger partial charge in [-0.1, -0.05) is 6.07 Å². The van der Waals surface area contributed by atoms with Crippen LogP contribution >= 0.6 is 0 Å². The maximum atomic E-state index is 10.7. The van der Waals surface area contributed by atoms with Gasteiger partial charge in [-0.25, -0.2) is 0 Å². The van der Waals surface area contributed by atoms with E-state index in [4.69, 9.17) is 10.5 Å². The maximum absolute atomic E-state index is 10.7. The number of hydrogen-bond donors (Lipinski definition) is 1. The Kier molecular flexibility index (Phi) is 3.03. The van der Waals surface area contributed by atoms with Crippen LogP contribution in [0.15, 0.2) is 12.1 Å². The number of nitro benzene ring substituents is 1. The average molecular weight is 196 g/mol. The van der Waals surface area contributed by atoms with E-state index >= 15 is 0 Å². The van der Waals surface area contributed by atoms with Gasteiger partial charge in [0.05, 0.1) is 12.0 Å². The molecule has 0 aliphatic heterocycles. The highest BCUT2D eigenvalue weighted by molar-refractivity contribution is 5.54. The Balaban J connectivity index is 3.39. The quantitative estimate of drug-likeness (QED) is 0.585. The molecule has 0 unspecified atom stereocenters. The number of methoxy groups -OCH3 is 1. The molecule has 5 nitrogen and oxygen atoms in total. The molecule has 0 amide bonds. The number of benzene rings is 1. The molecule has 5 heteroatoms. The molecule has 1 aromatic carbocycles. The lowest BCUT2D eigenvalue weighted by Gasteiger charge is -2.07. The van der Waals surface area contributed by atoms with E-state index in [9.17, 15) is 10.1 Å². The number of nitrogens with two attached hydrogens (primary N) is 1. The maximum Gasteiger partial charge on any atom is 0.311 e. The molecule has 1 rings (SSSR count). The smallest absolute Gasteiger partial charge is 0.311 e. The first-order chi connectivity index (χ1) is 6.60. The molecular formula is C9H12N2O3. The summed E-state index contributed by atoms with van der Waals surface area (Å²) in [5, 5.41) is 10.7. The Morgan fingerprint density at radius 2 is 2.21 bits per heavy atom. The van der Waals surface area contributed by atoms with Gasteiger partial charge in [-0.3, -0.25) is 10.1 Å². The zero-order chi connectivity index (χ0) is 10.7. The Morgan fingerprint density at radius 3 is 2.64 bits per heavy atom. The molecular weight excluding hydrogens is 184 g/mol. The van der Waals surface area contributed by atoms with E-state index in [2.05, 4.69) is 0 Å². The molecule has 0 heterocycles. The van der Waals surface area contributed by atoms with Crippen LogP contribution in [0.25, 0.3) is 0 Å². The van der Waals surface area contributed by atoms with Gasteiger partial charge in [-0.2, -0.15) is 0 Å². The van der Waals surface area contributed by atoms with Gasteiger partial charge >= 0.3 is 5.69 Å². The summed E-state index contributed by atoms with van der Waals surface area (Å²) in [6.07, 6.45) is 0. The molecule has 0 spiro atoms. The highest BCUT2D eigenvalue weighted by Gasteiger charge is 2.18. The molecule has 14 heavy (non-hydrogen) atoms. The van der Waals surface area contributed by atoms with Gasteiger partial charge in [0.2, 0.25) is 5.75 Å². The minimum atomic E-state index is -0.467. The molecule has 0 saturated heterocycles. The standard InChI is InChI=1S/C9H12N2O3/c1-6-3-7(5-10)9(14-2)8(4-6)11(12)13/h3-4H,5,10H2,1-2H3. The van der Waals surface area contributed by atoms with Crippen LogP contribution in [0.3, 0.4) is 0 Å². The van der Waals surface area contributed by atoms with Crippen molar-refractivity contribution in [2.45, 2.75) is 13.5 Å². The van der Waals surface area contributed by atoms with Gasteiger partial charge in [0.1, 0.15) is 0 Å². The first-order valence-electron chi connectivity index (χ1n) is 4.12. The SMILES string of the molecule is COc1c(CN)cc(C)cc1[N+](=O)[O-]. The highest BCUT2D eigenvalue weighted by atomic mass is 16.6. The summed E-state index contributed by atoms with van der Waals surface area (Å²) in [5.41, 5.74) is 6.88. The predicted octanol–water partition coefficient (Wildman–Crippen LogP) is 1.37. The number of nitrogens with zero attached hydrogens (tertiary/aromatic N) is 1. The van der Waals surface area contributed by atoms with Crippen molar-refractivity contribution in [3.8, 4) is 5.75 Å². The summed E-state index contributed by atoms with van der Waals surface area (Å²) in [4.78, 5) is 10.2. The summed E-state index contributed by atoms with van der Waals surface area (Å²) in [6.45, 7) is 2.01. The fraction of sp³-hybridized carbons (Fsp3) is 0.333. The third kappa shape index (κ3) is 1.82. The minimum Gasteiger partial charge on any atom is -0.490 e. The van der Waals surface area contributed by atoms with Gasteiger partial charge < -0.3 is 10.5 Å². The summed E-state index contributed by atoms with van der Waals surface area (Å²) in [7, 11) is 1.40. The molecule has 0 atom stereocenters. The second-order valence-corrected chi connectivity index (χ2v) is 2.94. The van der Waals surface area contributed by atoms with Crippen molar-refractivity contribution in [3.05, 3.63) is 33.4 Å². The second-order valence-electron chi connectivity index (χ2n) is 2.94. The Bertz CT molecular complexity index is 363.